The lowest BCUT2D eigenvalue weighted by Crippen LogP contribution is -2.47. The Morgan fingerprint density at radius 3 is 2.66 bits per heavy atom. The third-order valence-corrected chi connectivity index (χ3v) is 8.93. The van der Waals surface area contributed by atoms with Crippen LogP contribution < -0.4 is 5.32 Å². The summed E-state index contributed by atoms with van der Waals surface area (Å²) in [4.78, 5) is 28.4. The SMILES string of the molecule is COC(=O)C(CCSC)NC(=O)c1ccc(CN2CCOC[C@H]2COCC2CCCCC2)cc1-c1ccccc1C. The van der Waals surface area contributed by atoms with Crippen LogP contribution in [0.25, 0.3) is 11.1 Å². The molecule has 8 heteroatoms. The van der Waals surface area contributed by atoms with Crippen molar-refractivity contribution in [2.24, 2.45) is 5.92 Å². The average molecular weight is 583 g/mol. The van der Waals surface area contributed by atoms with Crippen molar-refractivity contribution >= 4 is 23.6 Å². The van der Waals surface area contributed by atoms with Gasteiger partial charge in [-0.1, -0.05) is 49.6 Å². The van der Waals surface area contributed by atoms with Crippen molar-refractivity contribution in [3.8, 4) is 11.1 Å². The van der Waals surface area contributed by atoms with Gasteiger partial charge in [0.05, 0.1) is 33.0 Å². The molecule has 1 unspecified atom stereocenters. The van der Waals surface area contributed by atoms with Gasteiger partial charge in [0.1, 0.15) is 6.04 Å². The highest BCUT2D eigenvalue weighted by Gasteiger charge is 2.26. The van der Waals surface area contributed by atoms with E-state index >= 15 is 0 Å². The Labute approximate surface area is 249 Å². The fourth-order valence-corrected chi connectivity index (χ4v) is 6.33. The van der Waals surface area contributed by atoms with Crippen LogP contribution >= 0.6 is 11.8 Å². The van der Waals surface area contributed by atoms with E-state index in [9.17, 15) is 9.59 Å². The summed E-state index contributed by atoms with van der Waals surface area (Å²) in [5, 5.41) is 2.94. The predicted octanol–water partition coefficient (Wildman–Crippen LogP) is 5.48. The molecule has 4 rings (SSSR count). The maximum absolute atomic E-state index is 13.6. The molecule has 1 aliphatic carbocycles. The zero-order chi connectivity index (χ0) is 29.0. The lowest BCUT2D eigenvalue weighted by atomic mass is 9.90. The second-order valence-electron chi connectivity index (χ2n) is 11.3. The molecule has 1 amide bonds. The highest BCUT2D eigenvalue weighted by molar-refractivity contribution is 7.98. The Morgan fingerprint density at radius 1 is 1.10 bits per heavy atom. The Balaban J connectivity index is 1.52. The van der Waals surface area contributed by atoms with Crippen LogP contribution in [0.5, 0.6) is 0 Å². The molecule has 2 fully saturated rings. The molecule has 2 aromatic carbocycles. The van der Waals surface area contributed by atoms with Crippen LogP contribution in [0.3, 0.4) is 0 Å². The molecule has 1 saturated heterocycles. The molecule has 0 bridgehead atoms. The molecule has 0 aromatic heterocycles. The summed E-state index contributed by atoms with van der Waals surface area (Å²) in [6.07, 6.45) is 9.06. The van der Waals surface area contributed by atoms with E-state index in [0.29, 0.717) is 37.7 Å². The summed E-state index contributed by atoms with van der Waals surface area (Å²) in [5.41, 5.74) is 4.64. The van der Waals surface area contributed by atoms with Crippen LogP contribution in [0.4, 0.5) is 0 Å². The lowest BCUT2D eigenvalue weighted by molar-refractivity contribution is -0.142. The molecule has 7 nitrogen and oxygen atoms in total. The van der Waals surface area contributed by atoms with E-state index in [1.807, 2.05) is 36.6 Å². The molecule has 0 radical (unpaired) electrons. The van der Waals surface area contributed by atoms with Crippen LogP contribution in [0.1, 0.15) is 60.0 Å². The Hall–Kier alpha value is -2.39. The van der Waals surface area contributed by atoms with Crippen molar-refractivity contribution in [2.45, 2.75) is 64.1 Å². The largest absolute Gasteiger partial charge is 0.467 e. The van der Waals surface area contributed by atoms with Crippen molar-refractivity contribution < 1.29 is 23.8 Å². The first-order valence-electron chi connectivity index (χ1n) is 15.0. The van der Waals surface area contributed by atoms with Gasteiger partial charge in [0.15, 0.2) is 0 Å². The van der Waals surface area contributed by atoms with Gasteiger partial charge in [-0.25, -0.2) is 4.79 Å². The van der Waals surface area contributed by atoms with Gasteiger partial charge < -0.3 is 19.5 Å². The number of amides is 1. The number of nitrogens with one attached hydrogen (secondary N) is 1. The zero-order valence-electron chi connectivity index (χ0n) is 24.9. The summed E-state index contributed by atoms with van der Waals surface area (Å²) in [7, 11) is 1.36. The molecule has 2 atom stereocenters. The quantitative estimate of drug-likeness (QED) is 0.313. The number of morpholine rings is 1. The van der Waals surface area contributed by atoms with Crippen LogP contribution in [0.15, 0.2) is 42.5 Å². The van der Waals surface area contributed by atoms with Crippen LogP contribution in [0, 0.1) is 12.8 Å². The average Bonchev–Trinajstić information content (AvgIpc) is 3.00. The smallest absolute Gasteiger partial charge is 0.328 e. The van der Waals surface area contributed by atoms with Crippen LogP contribution in [-0.2, 0) is 25.5 Å². The number of benzene rings is 2. The standard InChI is InChI=1S/C33H46N2O5S/c1-24-9-7-8-12-28(24)30-19-26(13-14-29(30)32(36)34-31(15-18-41-3)33(37)38-2)20-35-16-17-39-22-27(35)23-40-21-25-10-5-4-6-11-25/h7-9,12-14,19,25,27,31H,4-6,10-11,15-18,20-23H2,1-3H3,(H,34,36)/t27-,31?/m0/s1. The van der Waals surface area contributed by atoms with Gasteiger partial charge in [-0.2, -0.15) is 11.8 Å². The van der Waals surface area contributed by atoms with Gasteiger partial charge in [-0.05, 0) is 78.5 Å². The van der Waals surface area contributed by atoms with Crippen molar-refractivity contribution in [1.29, 1.82) is 0 Å². The number of carbonyl (C=O) groups excluding carboxylic acids is 2. The first-order valence-corrected chi connectivity index (χ1v) is 16.4. The maximum Gasteiger partial charge on any atom is 0.328 e. The van der Waals surface area contributed by atoms with E-state index < -0.39 is 12.0 Å². The molecule has 1 aliphatic heterocycles. The van der Waals surface area contributed by atoms with Crippen molar-refractivity contribution in [1.82, 2.24) is 10.2 Å². The second kappa shape index (κ2) is 16.3. The molecule has 1 saturated carbocycles. The molecule has 1 N–H and O–H groups in total. The summed E-state index contributed by atoms with van der Waals surface area (Å²) in [6.45, 7) is 6.54. The highest BCUT2D eigenvalue weighted by atomic mass is 32.2. The van der Waals surface area contributed by atoms with Gasteiger partial charge in [0.2, 0.25) is 0 Å². The number of esters is 1. The minimum absolute atomic E-state index is 0.203. The van der Waals surface area contributed by atoms with E-state index in [2.05, 4.69) is 29.3 Å². The molecule has 1 heterocycles. The summed E-state index contributed by atoms with van der Waals surface area (Å²) >= 11 is 1.63. The van der Waals surface area contributed by atoms with E-state index in [-0.39, 0.29) is 11.9 Å². The number of thioether (sulfide) groups is 1. The Morgan fingerprint density at radius 2 is 1.90 bits per heavy atom. The summed E-state index contributed by atoms with van der Waals surface area (Å²) in [6, 6.07) is 13.7. The van der Waals surface area contributed by atoms with E-state index in [1.54, 1.807) is 11.8 Å². The fourth-order valence-electron chi connectivity index (χ4n) is 5.86. The third kappa shape index (κ3) is 9.05. The second-order valence-corrected chi connectivity index (χ2v) is 12.3. The number of nitrogens with zero attached hydrogens (tertiary/aromatic N) is 1. The highest BCUT2D eigenvalue weighted by Crippen LogP contribution is 2.29. The molecular weight excluding hydrogens is 536 g/mol. The molecule has 0 spiro atoms. The van der Waals surface area contributed by atoms with Gasteiger partial charge >= 0.3 is 5.97 Å². The molecule has 2 aromatic rings. The number of carbonyl (C=O) groups is 2. The molecule has 224 valence electrons. The lowest BCUT2D eigenvalue weighted by Gasteiger charge is -2.36. The zero-order valence-corrected chi connectivity index (χ0v) is 25.7. The van der Waals surface area contributed by atoms with Gasteiger partial charge in [0.25, 0.3) is 5.91 Å². The molecule has 41 heavy (non-hydrogen) atoms. The summed E-state index contributed by atoms with van der Waals surface area (Å²) in [5.74, 6) is 0.739. The predicted molar refractivity (Wildman–Crippen MR) is 165 cm³/mol. The van der Waals surface area contributed by atoms with Crippen molar-refractivity contribution in [2.75, 3.05) is 52.1 Å². The van der Waals surface area contributed by atoms with E-state index in [1.165, 1.54) is 39.2 Å². The van der Waals surface area contributed by atoms with E-state index in [4.69, 9.17) is 14.2 Å². The normalized spacial score (nSPS) is 19.0. The van der Waals surface area contributed by atoms with Gasteiger partial charge in [0, 0.05) is 25.3 Å². The fraction of sp³-hybridized carbons (Fsp3) is 0.576. The van der Waals surface area contributed by atoms with Crippen LogP contribution in [-0.4, -0.2) is 81.0 Å². The van der Waals surface area contributed by atoms with Gasteiger partial charge in [-0.15, -0.1) is 0 Å². The molecule has 2 aliphatic rings. The van der Waals surface area contributed by atoms with Crippen LogP contribution in [0.2, 0.25) is 0 Å². The van der Waals surface area contributed by atoms with E-state index in [0.717, 1.165) is 47.7 Å². The Kier molecular flexibility index (Phi) is 12.5. The number of hydrogen-bond acceptors (Lipinski definition) is 7. The van der Waals surface area contributed by atoms with Crippen molar-refractivity contribution in [3.05, 3.63) is 59.2 Å². The number of ether oxygens (including phenoxy) is 3. The minimum Gasteiger partial charge on any atom is -0.467 e. The number of aryl methyl sites for hydroxylation is 1. The maximum atomic E-state index is 13.6. The van der Waals surface area contributed by atoms with Crippen molar-refractivity contribution in [3.63, 3.8) is 0 Å². The van der Waals surface area contributed by atoms with Gasteiger partial charge in [-0.3, -0.25) is 9.69 Å². The number of methoxy groups -OCH3 is 1. The monoisotopic (exact) mass is 582 g/mol. The first-order chi connectivity index (χ1) is 20.0. The number of hydrogen-bond donors (Lipinski definition) is 1. The minimum atomic E-state index is -0.688. The third-order valence-electron chi connectivity index (χ3n) is 8.29. The molecular formula is C33H46N2O5S. The Bertz CT molecular complexity index is 1140. The topological polar surface area (TPSA) is 77.1 Å². The number of rotatable bonds is 13. The first kappa shape index (κ1) is 31.5. The summed E-state index contributed by atoms with van der Waals surface area (Å²) < 4.78 is 17.0.